The number of likely N-dealkylation sites (tertiary alicyclic amines) is 1. The summed E-state index contributed by atoms with van der Waals surface area (Å²) >= 11 is 0. The molecule has 0 N–H and O–H groups in total. The highest BCUT2D eigenvalue weighted by atomic mass is 32.2. The maximum atomic E-state index is 12.8. The van der Waals surface area contributed by atoms with Crippen molar-refractivity contribution in [3.05, 3.63) is 60.2 Å². The number of methoxy groups -OCH3 is 1. The molecule has 1 saturated heterocycles. The van der Waals surface area contributed by atoms with Crippen LogP contribution in [0.5, 0.6) is 5.75 Å². The molecule has 0 unspecified atom stereocenters. The minimum Gasteiger partial charge on any atom is -0.497 e. The standard InChI is InChI=1S/C20H20N2O6S/c1-28-16-10-6-9-15(11-16)22(29(2,26)27)13-18(23)21-12-17(19(24)20(21)25)14-7-4-3-5-8-14/h3-11,17H,12-13H2,1-2H3/t17-/m1/s1. The lowest BCUT2D eigenvalue weighted by molar-refractivity contribution is -0.146. The maximum Gasteiger partial charge on any atom is 0.297 e. The second-order valence-corrected chi connectivity index (χ2v) is 8.51. The molecule has 8 nitrogen and oxygen atoms in total. The van der Waals surface area contributed by atoms with Crippen LogP contribution < -0.4 is 9.04 Å². The Bertz CT molecular complexity index is 1050. The van der Waals surface area contributed by atoms with Crippen LogP contribution >= 0.6 is 0 Å². The molecule has 0 spiro atoms. The van der Waals surface area contributed by atoms with Crippen LogP contribution in [-0.2, 0) is 24.4 Å². The molecule has 2 amide bonds. The van der Waals surface area contributed by atoms with Crippen LogP contribution in [0.4, 0.5) is 5.69 Å². The summed E-state index contributed by atoms with van der Waals surface area (Å²) in [7, 11) is -2.39. The van der Waals surface area contributed by atoms with Crippen molar-refractivity contribution in [2.75, 3.05) is 30.8 Å². The van der Waals surface area contributed by atoms with Gasteiger partial charge < -0.3 is 4.74 Å². The molecule has 2 aromatic carbocycles. The molecule has 1 aliphatic heterocycles. The van der Waals surface area contributed by atoms with Gasteiger partial charge in [0.1, 0.15) is 12.3 Å². The molecule has 0 saturated carbocycles. The van der Waals surface area contributed by atoms with E-state index in [-0.39, 0.29) is 12.2 Å². The second-order valence-electron chi connectivity index (χ2n) is 6.61. The lowest BCUT2D eigenvalue weighted by Gasteiger charge is -2.24. The lowest BCUT2D eigenvalue weighted by atomic mass is 9.97. The number of ketones is 1. The summed E-state index contributed by atoms with van der Waals surface area (Å²) < 4.78 is 30.5. The minimum absolute atomic E-state index is 0.115. The number of benzene rings is 2. The summed E-state index contributed by atoms with van der Waals surface area (Å²) in [6.07, 6.45) is 0.962. The molecule has 152 valence electrons. The van der Waals surface area contributed by atoms with E-state index in [1.165, 1.54) is 19.2 Å². The molecule has 9 heteroatoms. The van der Waals surface area contributed by atoms with Gasteiger partial charge in [-0.15, -0.1) is 0 Å². The van der Waals surface area contributed by atoms with Gasteiger partial charge in [-0.05, 0) is 17.7 Å². The number of ether oxygens (including phenoxy) is 1. The Balaban J connectivity index is 1.85. The molecular weight excluding hydrogens is 396 g/mol. The molecule has 1 atom stereocenters. The number of carbonyl (C=O) groups is 3. The Labute approximate surface area is 168 Å². The molecule has 0 aromatic heterocycles. The Hall–Kier alpha value is -3.20. The molecule has 1 fully saturated rings. The third-order valence-corrected chi connectivity index (χ3v) is 5.80. The number of rotatable bonds is 6. The van der Waals surface area contributed by atoms with Gasteiger partial charge in [-0.25, -0.2) is 8.42 Å². The predicted octanol–water partition coefficient (Wildman–Crippen LogP) is 1.18. The molecule has 0 radical (unpaired) electrons. The molecule has 0 aliphatic carbocycles. The van der Waals surface area contributed by atoms with Crippen molar-refractivity contribution in [1.29, 1.82) is 0 Å². The van der Waals surface area contributed by atoms with E-state index in [0.717, 1.165) is 15.5 Å². The van der Waals surface area contributed by atoms with Gasteiger partial charge in [-0.2, -0.15) is 0 Å². The summed E-state index contributed by atoms with van der Waals surface area (Å²) in [5, 5.41) is 0. The zero-order chi connectivity index (χ0) is 21.2. The van der Waals surface area contributed by atoms with Crippen LogP contribution in [0.1, 0.15) is 11.5 Å². The van der Waals surface area contributed by atoms with E-state index in [0.29, 0.717) is 11.3 Å². The first kappa shape index (κ1) is 20.5. The van der Waals surface area contributed by atoms with Gasteiger partial charge in [0.15, 0.2) is 0 Å². The first-order valence-electron chi connectivity index (χ1n) is 8.77. The SMILES string of the molecule is COc1cccc(N(CC(=O)N2C[C@H](c3ccccc3)C(=O)C2=O)S(C)(=O)=O)c1. The van der Waals surface area contributed by atoms with Crippen LogP contribution in [0.15, 0.2) is 54.6 Å². The zero-order valence-electron chi connectivity index (χ0n) is 15.9. The van der Waals surface area contributed by atoms with E-state index in [9.17, 15) is 22.8 Å². The van der Waals surface area contributed by atoms with Crippen molar-refractivity contribution >= 4 is 33.3 Å². The molecule has 1 heterocycles. The number of hydrogen-bond acceptors (Lipinski definition) is 6. The smallest absolute Gasteiger partial charge is 0.297 e. The number of sulfonamides is 1. The highest BCUT2D eigenvalue weighted by molar-refractivity contribution is 7.92. The number of anilines is 1. The Morgan fingerprint density at radius 1 is 1.14 bits per heavy atom. The van der Waals surface area contributed by atoms with Crippen LogP contribution in [0.3, 0.4) is 0 Å². The van der Waals surface area contributed by atoms with Crippen LogP contribution in [-0.4, -0.2) is 57.4 Å². The third-order valence-electron chi connectivity index (χ3n) is 4.66. The summed E-state index contributed by atoms with van der Waals surface area (Å²) in [6, 6.07) is 14.9. The van der Waals surface area contributed by atoms with Crippen molar-refractivity contribution in [2.45, 2.75) is 5.92 Å². The number of amides is 2. The molecule has 3 rings (SSSR count). The van der Waals surface area contributed by atoms with E-state index in [4.69, 9.17) is 4.74 Å². The summed E-state index contributed by atoms with van der Waals surface area (Å²) in [4.78, 5) is 38.3. The fourth-order valence-corrected chi connectivity index (χ4v) is 4.00. The average molecular weight is 416 g/mol. The fraction of sp³-hybridized carbons (Fsp3) is 0.250. The minimum atomic E-state index is -3.83. The van der Waals surface area contributed by atoms with Crippen molar-refractivity contribution in [1.82, 2.24) is 4.90 Å². The Morgan fingerprint density at radius 3 is 2.45 bits per heavy atom. The summed E-state index contributed by atoms with van der Waals surface area (Å²) in [6.45, 7) is -0.719. The summed E-state index contributed by atoms with van der Waals surface area (Å²) in [5.74, 6) is -2.72. The number of nitrogens with zero attached hydrogens (tertiary/aromatic N) is 2. The van der Waals surface area contributed by atoms with Gasteiger partial charge >= 0.3 is 0 Å². The molecule has 0 bridgehead atoms. The second kappa shape index (κ2) is 8.04. The van der Waals surface area contributed by atoms with Crippen molar-refractivity contribution < 1.29 is 27.5 Å². The predicted molar refractivity (Wildman–Crippen MR) is 106 cm³/mol. The Morgan fingerprint density at radius 2 is 1.83 bits per heavy atom. The molecular formula is C20H20N2O6S. The lowest BCUT2D eigenvalue weighted by Crippen LogP contribution is -2.44. The molecule has 1 aliphatic rings. The van der Waals surface area contributed by atoms with Gasteiger partial charge in [-0.3, -0.25) is 23.6 Å². The number of imide groups is 1. The normalized spacial score (nSPS) is 16.8. The monoisotopic (exact) mass is 416 g/mol. The first-order chi connectivity index (χ1) is 13.7. The quantitative estimate of drug-likeness (QED) is 0.656. The number of hydrogen-bond donors (Lipinski definition) is 0. The zero-order valence-corrected chi connectivity index (χ0v) is 16.8. The van der Waals surface area contributed by atoms with E-state index in [2.05, 4.69) is 0 Å². The van der Waals surface area contributed by atoms with E-state index >= 15 is 0 Å². The van der Waals surface area contributed by atoms with Gasteiger partial charge in [-0.1, -0.05) is 36.4 Å². The average Bonchev–Trinajstić information content (AvgIpc) is 3.01. The van der Waals surface area contributed by atoms with Gasteiger partial charge in [0.05, 0.1) is 25.0 Å². The van der Waals surface area contributed by atoms with Crippen molar-refractivity contribution in [2.24, 2.45) is 0 Å². The first-order valence-corrected chi connectivity index (χ1v) is 10.6. The molecule has 2 aromatic rings. The molecule has 29 heavy (non-hydrogen) atoms. The van der Waals surface area contributed by atoms with Crippen LogP contribution in [0.2, 0.25) is 0 Å². The highest BCUT2D eigenvalue weighted by Gasteiger charge is 2.43. The van der Waals surface area contributed by atoms with Crippen molar-refractivity contribution in [3.8, 4) is 5.75 Å². The van der Waals surface area contributed by atoms with Gasteiger partial charge in [0, 0.05) is 12.6 Å². The van der Waals surface area contributed by atoms with Crippen LogP contribution in [0, 0.1) is 0 Å². The van der Waals surface area contributed by atoms with Gasteiger partial charge in [0.2, 0.25) is 21.7 Å². The third kappa shape index (κ3) is 4.29. The fourth-order valence-electron chi connectivity index (χ4n) is 3.16. The summed E-state index contributed by atoms with van der Waals surface area (Å²) in [5.41, 5.74) is 0.853. The van der Waals surface area contributed by atoms with Crippen LogP contribution in [0.25, 0.3) is 0 Å². The van der Waals surface area contributed by atoms with E-state index in [1.807, 2.05) is 0 Å². The van der Waals surface area contributed by atoms with Gasteiger partial charge in [0.25, 0.3) is 5.91 Å². The largest absolute Gasteiger partial charge is 0.497 e. The van der Waals surface area contributed by atoms with Crippen molar-refractivity contribution in [3.63, 3.8) is 0 Å². The Kier molecular flexibility index (Phi) is 5.69. The highest BCUT2D eigenvalue weighted by Crippen LogP contribution is 2.27. The topological polar surface area (TPSA) is 101 Å². The van der Waals surface area contributed by atoms with E-state index in [1.54, 1.807) is 42.5 Å². The number of carbonyl (C=O) groups excluding carboxylic acids is 3. The number of Topliss-reactive ketones (excluding diaryl/α,β-unsaturated/α-hetero) is 1. The van der Waals surface area contributed by atoms with E-state index < -0.39 is 40.1 Å². The maximum absolute atomic E-state index is 12.8.